The smallest absolute Gasteiger partial charge is 0.214 e. The van der Waals surface area contributed by atoms with Crippen molar-refractivity contribution in [1.29, 1.82) is 5.26 Å². The molecule has 0 aliphatic rings. The molecule has 3 rings (SSSR count). The van der Waals surface area contributed by atoms with Crippen LogP contribution in [0.2, 0.25) is 0 Å². The summed E-state index contributed by atoms with van der Waals surface area (Å²) in [5.74, 6) is 0.469. The van der Waals surface area contributed by atoms with Crippen LogP contribution in [0.5, 0.6) is 5.88 Å². The van der Waals surface area contributed by atoms with Crippen molar-refractivity contribution in [3.63, 3.8) is 0 Å². The van der Waals surface area contributed by atoms with Crippen molar-refractivity contribution in [3.8, 4) is 23.2 Å². The monoisotopic (exact) mass is 378 g/mol. The van der Waals surface area contributed by atoms with Crippen molar-refractivity contribution in [3.05, 3.63) is 41.2 Å². The summed E-state index contributed by atoms with van der Waals surface area (Å²) in [6.45, 7) is 9.01. The number of hydrogen-bond donors (Lipinski definition) is 0. The highest BCUT2D eigenvalue weighted by atomic mass is 16.5. The average Bonchev–Trinajstić information content (AvgIpc) is 3.01. The first kappa shape index (κ1) is 19.8. The molecule has 0 bridgehead atoms. The van der Waals surface area contributed by atoms with E-state index >= 15 is 0 Å². The van der Waals surface area contributed by atoms with Crippen molar-refractivity contribution in [2.45, 2.75) is 40.2 Å². The molecule has 1 atom stereocenters. The molecule has 0 unspecified atom stereocenters. The maximum absolute atomic E-state index is 8.70. The van der Waals surface area contributed by atoms with Crippen molar-refractivity contribution in [2.24, 2.45) is 0 Å². The molecule has 0 aliphatic heterocycles. The van der Waals surface area contributed by atoms with Crippen molar-refractivity contribution in [2.75, 3.05) is 20.3 Å². The molecule has 28 heavy (non-hydrogen) atoms. The van der Waals surface area contributed by atoms with E-state index in [1.807, 2.05) is 12.1 Å². The van der Waals surface area contributed by atoms with Gasteiger partial charge in [-0.2, -0.15) is 5.26 Å². The van der Waals surface area contributed by atoms with E-state index in [0.717, 1.165) is 45.5 Å². The van der Waals surface area contributed by atoms with Crippen LogP contribution < -0.4 is 4.74 Å². The first-order chi connectivity index (χ1) is 13.5. The second-order valence-electron chi connectivity index (χ2n) is 6.99. The zero-order valence-corrected chi connectivity index (χ0v) is 17.1. The van der Waals surface area contributed by atoms with Crippen LogP contribution in [-0.2, 0) is 11.2 Å². The maximum Gasteiger partial charge on any atom is 0.214 e. The molecule has 0 spiro atoms. The summed E-state index contributed by atoms with van der Waals surface area (Å²) in [6, 6.07) is 8.18. The molecule has 0 N–H and O–H groups in total. The minimum Gasteiger partial charge on any atom is -0.462 e. The van der Waals surface area contributed by atoms with Gasteiger partial charge in [0.15, 0.2) is 6.61 Å². The van der Waals surface area contributed by atoms with E-state index in [1.165, 1.54) is 0 Å². The van der Waals surface area contributed by atoms with Crippen molar-refractivity contribution in [1.82, 2.24) is 14.5 Å². The van der Waals surface area contributed by atoms with Gasteiger partial charge in [0.2, 0.25) is 5.88 Å². The Morgan fingerprint density at radius 2 is 2.00 bits per heavy atom. The Labute approximate surface area is 165 Å². The zero-order chi connectivity index (χ0) is 20.3. The van der Waals surface area contributed by atoms with Gasteiger partial charge in [-0.15, -0.1) is 0 Å². The molecule has 6 nitrogen and oxygen atoms in total. The van der Waals surface area contributed by atoms with Gasteiger partial charge in [0.05, 0.1) is 35.1 Å². The minimum atomic E-state index is -0.00882. The third kappa shape index (κ3) is 3.71. The lowest BCUT2D eigenvalue weighted by atomic mass is 10.0. The Hall–Kier alpha value is -2.91. The van der Waals surface area contributed by atoms with Crippen molar-refractivity contribution >= 4 is 11.0 Å². The SMILES string of the molecule is CCc1nc(OCC#N)ccc1-c1nc2c(C)cn([C@@H](C)COC)c2cc1C. The molecule has 0 saturated heterocycles. The second kappa shape index (κ2) is 8.41. The number of hydrogen-bond acceptors (Lipinski definition) is 5. The molecule has 0 radical (unpaired) electrons. The number of aromatic nitrogens is 3. The first-order valence-electron chi connectivity index (χ1n) is 9.47. The summed E-state index contributed by atoms with van der Waals surface area (Å²) in [6.07, 6.45) is 2.89. The van der Waals surface area contributed by atoms with Gasteiger partial charge in [0.1, 0.15) is 6.07 Å². The Balaban J connectivity index is 2.10. The summed E-state index contributed by atoms with van der Waals surface area (Å²) < 4.78 is 12.9. The molecule has 0 saturated carbocycles. The van der Waals surface area contributed by atoms with Gasteiger partial charge in [0.25, 0.3) is 0 Å². The topological polar surface area (TPSA) is 73.0 Å². The molecule has 3 aromatic rings. The minimum absolute atomic E-state index is 0.00882. The van der Waals surface area contributed by atoms with Crippen LogP contribution >= 0.6 is 0 Å². The number of ether oxygens (including phenoxy) is 2. The molecular formula is C22H26N4O2. The fraction of sp³-hybridized carbons (Fsp3) is 0.409. The lowest BCUT2D eigenvalue weighted by Gasteiger charge is -2.15. The number of fused-ring (bicyclic) bond motifs is 1. The van der Waals surface area contributed by atoms with Crippen LogP contribution in [0.1, 0.15) is 36.7 Å². The van der Waals surface area contributed by atoms with Crippen molar-refractivity contribution < 1.29 is 9.47 Å². The lowest BCUT2D eigenvalue weighted by Crippen LogP contribution is -2.10. The van der Waals surface area contributed by atoms with E-state index in [9.17, 15) is 0 Å². The van der Waals surface area contributed by atoms with E-state index in [0.29, 0.717) is 12.5 Å². The van der Waals surface area contributed by atoms with Gasteiger partial charge in [-0.3, -0.25) is 0 Å². The summed E-state index contributed by atoms with van der Waals surface area (Å²) in [7, 11) is 1.72. The number of rotatable bonds is 7. The van der Waals surface area contributed by atoms with Crippen LogP contribution in [0.4, 0.5) is 0 Å². The predicted octanol–water partition coefficient (Wildman–Crippen LogP) is 4.39. The second-order valence-corrected chi connectivity index (χ2v) is 6.99. The number of methoxy groups -OCH3 is 1. The van der Waals surface area contributed by atoms with Gasteiger partial charge < -0.3 is 14.0 Å². The third-order valence-corrected chi connectivity index (χ3v) is 4.88. The molecule has 3 aromatic heterocycles. The molecule has 0 fully saturated rings. The van der Waals surface area contributed by atoms with E-state index in [-0.39, 0.29) is 12.6 Å². The van der Waals surface area contributed by atoms with Crippen LogP contribution in [0, 0.1) is 25.2 Å². The first-order valence-corrected chi connectivity index (χ1v) is 9.47. The van der Waals surface area contributed by atoms with E-state index < -0.39 is 0 Å². The quantitative estimate of drug-likeness (QED) is 0.610. The fourth-order valence-corrected chi connectivity index (χ4v) is 3.54. The predicted molar refractivity (Wildman–Crippen MR) is 110 cm³/mol. The molecule has 0 aromatic carbocycles. The van der Waals surface area contributed by atoms with Gasteiger partial charge in [-0.1, -0.05) is 6.92 Å². The highest BCUT2D eigenvalue weighted by Crippen LogP contribution is 2.31. The summed E-state index contributed by atoms with van der Waals surface area (Å²) in [4.78, 5) is 9.58. The highest BCUT2D eigenvalue weighted by Gasteiger charge is 2.17. The van der Waals surface area contributed by atoms with E-state index in [2.05, 4.69) is 49.5 Å². The molecule has 0 aliphatic carbocycles. The summed E-state index contributed by atoms with van der Waals surface area (Å²) >= 11 is 0. The molecule has 146 valence electrons. The Kier molecular flexibility index (Phi) is 5.96. The standard InChI is InChI=1S/C22H26N4O2/c1-6-18-17(7-8-20(24-18)28-10-9-23)21-14(2)11-19-22(25-21)15(3)12-26(19)16(4)13-27-5/h7-8,11-12,16H,6,10,13H2,1-5H3/t16-/m0/s1. The van der Waals surface area contributed by atoms with E-state index in [4.69, 9.17) is 19.7 Å². The molecule has 6 heteroatoms. The average molecular weight is 378 g/mol. The lowest BCUT2D eigenvalue weighted by molar-refractivity contribution is 0.164. The normalized spacial score (nSPS) is 12.1. The summed E-state index contributed by atoms with van der Waals surface area (Å²) in [5, 5.41) is 8.70. The van der Waals surface area contributed by atoms with Gasteiger partial charge in [-0.05, 0) is 50.5 Å². The van der Waals surface area contributed by atoms with Crippen LogP contribution in [0.25, 0.3) is 22.3 Å². The molecule has 0 amide bonds. The Morgan fingerprint density at radius 1 is 1.21 bits per heavy atom. The van der Waals surface area contributed by atoms with Crippen LogP contribution in [0.15, 0.2) is 24.4 Å². The number of nitriles is 1. The fourth-order valence-electron chi connectivity index (χ4n) is 3.54. The molecule has 3 heterocycles. The Bertz CT molecular complexity index is 1030. The number of aryl methyl sites for hydroxylation is 3. The van der Waals surface area contributed by atoms with Gasteiger partial charge in [0, 0.05) is 24.9 Å². The van der Waals surface area contributed by atoms with Crippen LogP contribution in [-0.4, -0.2) is 34.9 Å². The zero-order valence-electron chi connectivity index (χ0n) is 17.1. The highest BCUT2D eigenvalue weighted by molar-refractivity contribution is 5.84. The van der Waals surface area contributed by atoms with E-state index in [1.54, 1.807) is 13.2 Å². The number of pyridine rings is 2. The molecular weight excluding hydrogens is 352 g/mol. The maximum atomic E-state index is 8.70. The number of nitrogens with zero attached hydrogens (tertiary/aromatic N) is 4. The largest absolute Gasteiger partial charge is 0.462 e. The Morgan fingerprint density at radius 3 is 2.68 bits per heavy atom. The summed E-state index contributed by atoms with van der Waals surface area (Å²) in [5.41, 5.74) is 7.19. The third-order valence-electron chi connectivity index (χ3n) is 4.88. The van der Waals surface area contributed by atoms with Gasteiger partial charge >= 0.3 is 0 Å². The van der Waals surface area contributed by atoms with Gasteiger partial charge in [-0.25, -0.2) is 9.97 Å². The van der Waals surface area contributed by atoms with Crippen LogP contribution in [0.3, 0.4) is 0 Å².